The molecule has 0 saturated carbocycles. The van der Waals surface area contributed by atoms with Crippen molar-refractivity contribution in [1.29, 1.82) is 0 Å². The van der Waals surface area contributed by atoms with Gasteiger partial charge < -0.3 is 20.1 Å². The predicted molar refractivity (Wildman–Crippen MR) is 103 cm³/mol. The number of halogens is 1. The number of aromatic nitrogens is 1. The van der Waals surface area contributed by atoms with Crippen LogP contribution in [0.1, 0.15) is 18.1 Å². The number of para-hydroxylation sites is 1. The van der Waals surface area contributed by atoms with Crippen molar-refractivity contribution in [3.05, 3.63) is 64.8 Å². The number of aliphatic carboxylic acids is 1. The fourth-order valence-electron chi connectivity index (χ4n) is 2.94. The van der Waals surface area contributed by atoms with Crippen LogP contribution in [-0.2, 0) is 17.8 Å². The van der Waals surface area contributed by atoms with Crippen molar-refractivity contribution in [3.63, 3.8) is 0 Å². The first-order valence-corrected chi connectivity index (χ1v) is 8.88. The summed E-state index contributed by atoms with van der Waals surface area (Å²) in [5, 5.41) is 14.2. The van der Waals surface area contributed by atoms with Crippen LogP contribution >= 0.6 is 11.6 Å². The summed E-state index contributed by atoms with van der Waals surface area (Å²) in [5.74, 6) is -0.251. The maximum atomic E-state index is 11.7. The first kappa shape index (κ1) is 18.3. The summed E-state index contributed by atoms with van der Waals surface area (Å²) in [5.41, 5.74) is 2.89. The zero-order valence-corrected chi connectivity index (χ0v) is 15.2. The highest BCUT2D eigenvalue weighted by Crippen LogP contribution is 2.25. The quantitative estimate of drug-likeness (QED) is 0.558. The van der Waals surface area contributed by atoms with Crippen molar-refractivity contribution < 1.29 is 14.6 Å². The minimum atomic E-state index is -0.882. The van der Waals surface area contributed by atoms with E-state index in [9.17, 15) is 9.90 Å². The van der Waals surface area contributed by atoms with Crippen LogP contribution in [0.25, 0.3) is 10.9 Å². The molecule has 26 heavy (non-hydrogen) atoms. The van der Waals surface area contributed by atoms with Crippen LogP contribution in [0.4, 0.5) is 0 Å². The normalized spacial score (nSPS) is 12.2. The van der Waals surface area contributed by atoms with Gasteiger partial charge in [0.05, 0.1) is 11.6 Å². The zero-order chi connectivity index (χ0) is 18.5. The summed E-state index contributed by atoms with van der Waals surface area (Å²) in [7, 11) is 0. The summed E-state index contributed by atoms with van der Waals surface area (Å²) in [4.78, 5) is 14.9. The van der Waals surface area contributed by atoms with Gasteiger partial charge in [0.2, 0.25) is 0 Å². The first-order chi connectivity index (χ1) is 12.6. The van der Waals surface area contributed by atoms with Gasteiger partial charge >= 0.3 is 5.97 Å². The molecular weight excluding hydrogens is 352 g/mol. The van der Waals surface area contributed by atoms with Crippen LogP contribution in [0.5, 0.6) is 5.75 Å². The zero-order valence-electron chi connectivity index (χ0n) is 14.5. The number of fused-ring (bicyclic) bond motifs is 1. The van der Waals surface area contributed by atoms with Gasteiger partial charge in [0, 0.05) is 30.1 Å². The first-order valence-electron chi connectivity index (χ1n) is 8.51. The van der Waals surface area contributed by atoms with E-state index in [0.717, 1.165) is 22.0 Å². The Balaban J connectivity index is 1.69. The van der Waals surface area contributed by atoms with Gasteiger partial charge in [-0.1, -0.05) is 35.9 Å². The minimum absolute atomic E-state index is 0.393. The molecule has 0 spiro atoms. The van der Waals surface area contributed by atoms with Gasteiger partial charge in [0.25, 0.3) is 0 Å². The molecule has 1 atom stereocenters. The van der Waals surface area contributed by atoms with Crippen LogP contribution in [0.15, 0.2) is 48.7 Å². The van der Waals surface area contributed by atoms with E-state index in [0.29, 0.717) is 30.3 Å². The standard InChI is InChI=1S/C20H21ClN2O3/c1-2-26-19-8-7-13(9-16(19)21)11-22-18(20(24)25)10-14-12-23-17-6-4-3-5-15(14)17/h3-9,12,18,22-23H,2,10-11H2,1H3,(H,24,25). The molecule has 6 heteroatoms. The Labute approximate surface area is 156 Å². The van der Waals surface area contributed by atoms with Gasteiger partial charge in [0.1, 0.15) is 11.8 Å². The van der Waals surface area contributed by atoms with E-state index in [-0.39, 0.29) is 0 Å². The van der Waals surface area contributed by atoms with Crippen molar-refractivity contribution in [2.45, 2.75) is 25.9 Å². The molecule has 3 N–H and O–H groups in total. The van der Waals surface area contributed by atoms with Crippen LogP contribution in [0, 0.1) is 0 Å². The fourth-order valence-corrected chi connectivity index (χ4v) is 3.19. The third-order valence-corrected chi connectivity index (χ3v) is 4.54. The number of nitrogens with one attached hydrogen (secondary N) is 2. The highest BCUT2D eigenvalue weighted by Gasteiger charge is 2.19. The number of hydrogen-bond donors (Lipinski definition) is 3. The van der Waals surface area contributed by atoms with E-state index >= 15 is 0 Å². The van der Waals surface area contributed by atoms with Crippen LogP contribution < -0.4 is 10.1 Å². The molecule has 0 aliphatic rings. The van der Waals surface area contributed by atoms with Gasteiger partial charge in [-0.2, -0.15) is 0 Å². The van der Waals surface area contributed by atoms with E-state index in [1.807, 2.05) is 43.5 Å². The maximum absolute atomic E-state index is 11.7. The van der Waals surface area contributed by atoms with Crippen molar-refractivity contribution in [2.75, 3.05) is 6.61 Å². The Bertz CT molecular complexity index is 907. The number of carboxylic acid groups (broad SMARTS) is 1. The van der Waals surface area contributed by atoms with E-state index in [2.05, 4.69) is 10.3 Å². The van der Waals surface area contributed by atoms with Gasteiger partial charge in [-0.3, -0.25) is 4.79 Å². The summed E-state index contributed by atoms with van der Waals surface area (Å²) >= 11 is 6.19. The molecule has 0 radical (unpaired) electrons. The summed E-state index contributed by atoms with van der Waals surface area (Å²) in [6.45, 7) is 2.85. The summed E-state index contributed by atoms with van der Waals surface area (Å²) in [6.07, 6.45) is 2.26. The lowest BCUT2D eigenvalue weighted by molar-refractivity contribution is -0.139. The largest absolute Gasteiger partial charge is 0.492 e. The summed E-state index contributed by atoms with van der Waals surface area (Å²) < 4.78 is 5.42. The number of carbonyl (C=O) groups is 1. The third-order valence-electron chi connectivity index (χ3n) is 4.25. The molecule has 0 bridgehead atoms. The molecule has 5 nitrogen and oxygen atoms in total. The summed E-state index contributed by atoms with van der Waals surface area (Å²) in [6, 6.07) is 12.7. The number of hydrogen-bond acceptors (Lipinski definition) is 3. The highest BCUT2D eigenvalue weighted by molar-refractivity contribution is 6.32. The lowest BCUT2D eigenvalue weighted by atomic mass is 10.0. The third kappa shape index (κ3) is 4.18. The second-order valence-corrected chi connectivity index (χ2v) is 6.44. The minimum Gasteiger partial charge on any atom is -0.492 e. The Kier molecular flexibility index (Phi) is 5.81. The topological polar surface area (TPSA) is 74.3 Å². The lowest BCUT2D eigenvalue weighted by Gasteiger charge is -2.15. The average molecular weight is 373 g/mol. The number of ether oxygens (including phenoxy) is 1. The van der Waals surface area contributed by atoms with Crippen LogP contribution in [-0.4, -0.2) is 28.7 Å². The van der Waals surface area contributed by atoms with Crippen molar-refractivity contribution in [2.24, 2.45) is 0 Å². The van der Waals surface area contributed by atoms with Crippen molar-refractivity contribution in [3.8, 4) is 5.75 Å². The van der Waals surface area contributed by atoms with Crippen molar-refractivity contribution >= 4 is 28.5 Å². The number of carboxylic acids is 1. The molecule has 136 valence electrons. The van der Waals surface area contributed by atoms with Gasteiger partial charge in [-0.15, -0.1) is 0 Å². The van der Waals surface area contributed by atoms with E-state index in [1.165, 1.54) is 0 Å². The molecule has 2 aromatic carbocycles. The Morgan fingerprint density at radius 1 is 1.31 bits per heavy atom. The second kappa shape index (κ2) is 8.25. The molecule has 0 fully saturated rings. The molecule has 0 amide bonds. The molecule has 1 aromatic heterocycles. The molecule has 0 aliphatic carbocycles. The van der Waals surface area contributed by atoms with E-state index < -0.39 is 12.0 Å². The van der Waals surface area contributed by atoms with Crippen LogP contribution in [0.2, 0.25) is 5.02 Å². The molecular formula is C20H21ClN2O3. The molecule has 1 heterocycles. The smallest absolute Gasteiger partial charge is 0.321 e. The fraction of sp³-hybridized carbons (Fsp3) is 0.250. The van der Waals surface area contributed by atoms with Gasteiger partial charge in [-0.05, 0) is 36.2 Å². The molecule has 0 aliphatic heterocycles. The Morgan fingerprint density at radius 2 is 2.12 bits per heavy atom. The van der Waals surface area contributed by atoms with Gasteiger partial charge in [-0.25, -0.2) is 0 Å². The Morgan fingerprint density at radius 3 is 2.85 bits per heavy atom. The molecule has 0 saturated heterocycles. The average Bonchev–Trinajstić information content (AvgIpc) is 3.03. The number of rotatable bonds is 8. The lowest BCUT2D eigenvalue weighted by Crippen LogP contribution is -2.38. The Hall–Kier alpha value is -2.50. The van der Waals surface area contributed by atoms with E-state index in [4.69, 9.17) is 16.3 Å². The number of benzene rings is 2. The number of H-pyrrole nitrogens is 1. The maximum Gasteiger partial charge on any atom is 0.321 e. The van der Waals surface area contributed by atoms with Crippen molar-refractivity contribution in [1.82, 2.24) is 10.3 Å². The second-order valence-electron chi connectivity index (χ2n) is 6.03. The monoisotopic (exact) mass is 372 g/mol. The molecule has 3 aromatic rings. The highest BCUT2D eigenvalue weighted by atomic mass is 35.5. The molecule has 1 unspecified atom stereocenters. The molecule has 3 rings (SSSR count). The van der Waals surface area contributed by atoms with Crippen LogP contribution in [0.3, 0.4) is 0 Å². The van der Waals surface area contributed by atoms with E-state index in [1.54, 1.807) is 12.1 Å². The van der Waals surface area contributed by atoms with Gasteiger partial charge in [0.15, 0.2) is 0 Å². The predicted octanol–water partition coefficient (Wildman–Crippen LogP) is 4.01. The SMILES string of the molecule is CCOc1ccc(CNC(Cc2c[nH]c3ccccc23)C(=O)O)cc1Cl. The number of aromatic amines is 1.